The molecule has 13 heteroatoms. The van der Waals surface area contributed by atoms with E-state index in [2.05, 4.69) is 10.6 Å². The van der Waals surface area contributed by atoms with Crippen LogP contribution in [-0.4, -0.2) is 53.4 Å². The summed E-state index contributed by atoms with van der Waals surface area (Å²) in [5.41, 5.74) is 4.06. The Morgan fingerprint density at radius 2 is 1.58 bits per heavy atom. The topological polar surface area (TPSA) is 108 Å². The number of hydrogen-bond acceptors (Lipinski definition) is 5. The quantitative estimate of drug-likeness (QED) is 0.295. The first-order valence-corrected chi connectivity index (χ1v) is 12.0. The molecule has 1 aliphatic rings. The van der Waals surface area contributed by atoms with E-state index in [-0.39, 0.29) is 18.6 Å². The molecule has 2 aromatic carbocycles. The minimum Gasteiger partial charge on any atom is -0.484 e. The minimum absolute atomic E-state index is 0.0622. The highest BCUT2D eigenvalue weighted by Gasteiger charge is 2.62. The highest BCUT2D eigenvalue weighted by molar-refractivity contribution is 6.33. The Bertz CT molecular complexity index is 1080. The van der Waals surface area contributed by atoms with E-state index >= 15 is 0 Å². The lowest BCUT2D eigenvalue weighted by atomic mass is 10.0. The van der Waals surface area contributed by atoms with Crippen molar-refractivity contribution in [3.8, 4) is 5.75 Å². The summed E-state index contributed by atoms with van der Waals surface area (Å²) in [6.07, 6.45) is -6.85. The second kappa shape index (κ2) is 13.6. The molecule has 3 rings (SSSR count). The van der Waals surface area contributed by atoms with Crippen LogP contribution in [0.4, 0.5) is 27.6 Å². The molecular formula is C25H28ClF5N2O5. The Balaban J connectivity index is 0.000000550. The smallest absolute Gasteiger partial charge is 0.457 e. The lowest BCUT2D eigenvalue weighted by molar-refractivity contribution is -0.306. The fraction of sp³-hybridized carbons (Fsp3) is 0.440. The third kappa shape index (κ3) is 9.02. The Kier molecular flexibility index (Phi) is 11.1. The van der Waals surface area contributed by atoms with Gasteiger partial charge < -0.3 is 25.6 Å². The van der Waals surface area contributed by atoms with Crippen LogP contribution in [0.2, 0.25) is 5.02 Å². The standard InChI is InChI=1S/C21H22ClF5N2O.C4H6O4/c1-13(20(23,24)21(25,26)27)30-16-5-2-14(3-6-16)12-29-19-17-9-11-28-10-8-15(17)4-7-18(19)22;5-3(6)1-2-4(7)8/h2-7,13,28-29H,8-12H2,1H3;1-2H2,(H,5,6)(H,7,8). The van der Waals surface area contributed by atoms with Crippen molar-refractivity contribution < 1.29 is 46.5 Å². The number of anilines is 1. The molecule has 4 N–H and O–H groups in total. The number of ether oxygens (including phenoxy) is 1. The number of halogens is 6. The zero-order valence-corrected chi connectivity index (χ0v) is 21.1. The van der Waals surface area contributed by atoms with Crippen LogP contribution in [0.1, 0.15) is 36.5 Å². The molecule has 1 aliphatic heterocycles. The number of carboxylic acid groups (broad SMARTS) is 2. The molecule has 0 saturated heterocycles. The van der Waals surface area contributed by atoms with Gasteiger partial charge in [-0.1, -0.05) is 29.8 Å². The predicted molar refractivity (Wildman–Crippen MR) is 131 cm³/mol. The number of carboxylic acids is 2. The van der Waals surface area contributed by atoms with Crippen LogP contribution in [0.5, 0.6) is 5.75 Å². The van der Waals surface area contributed by atoms with Gasteiger partial charge in [-0.05, 0) is 67.7 Å². The van der Waals surface area contributed by atoms with Crippen molar-refractivity contribution in [2.24, 2.45) is 0 Å². The van der Waals surface area contributed by atoms with E-state index in [0.29, 0.717) is 18.5 Å². The number of alkyl halides is 5. The van der Waals surface area contributed by atoms with E-state index in [1.165, 1.54) is 17.7 Å². The van der Waals surface area contributed by atoms with Gasteiger partial charge in [-0.2, -0.15) is 22.0 Å². The number of fused-ring (bicyclic) bond motifs is 1. The molecule has 1 heterocycles. The zero-order chi connectivity index (χ0) is 28.5. The molecule has 0 saturated carbocycles. The molecule has 2 aromatic rings. The fourth-order valence-electron chi connectivity index (χ4n) is 3.53. The zero-order valence-electron chi connectivity index (χ0n) is 20.4. The van der Waals surface area contributed by atoms with Gasteiger partial charge in [0.2, 0.25) is 0 Å². The van der Waals surface area contributed by atoms with Crippen LogP contribution in [0.3, 0.4) is 0 Å². The Hall–Kier alpha value is -3.12. The number of nitrogens with one attached hydrogen (secondary N) is 2. The van der Waals surface area contributed by atoms with E-state index in [1.807, 2.05) is 12.1 Å². The average molecular weight is 567 g/mol. The van der Waals surface area contributed by atoms with Crippen molar-refractivity contribution in [1.29, 1.82) is 0 Å². The predicted octanol–water partition coefficient (Wildman–Crippen LogP) is 5.54. The van der Waals surface area contributed by atoms with Crippen LogP contribution in [0.15, 0.2) is 36.4 Å². The van der Waals surface area contributed by atoms with Crippen molar-refractivity contribution in [3.05, 3.63) is 58.1 Å². The SMILES string of the molecule is CC(Oc1ccc(CNc2c(Cl)ccc3c2CCNCC3)cc1)C(F)(F)C(F)(F)F.O=C(O)CCC(=O)O. The normalized spacial score (nSPS) is 14.3. The summed E-state index contributed by atoms with van der Waals surface area (Å²) >= 11 is 6.38. The molecule has 1 unspecified atom stereocenters. The number of hydrogen-bond donors (Lipinski definition) is 4. The first-order valence-electron chi connectivity index (χ1n) is 11.6. The van der Waals surface area contributed by atoms with Gasteiger partial charge in [-0.3, -0.25) is 9.59 Å². The van der Waals surface area contributed by atoms with Gasteiger partial charge in [0.25, 0.3) is 0 Å². The van der Waals surface area contributed by atoms with Gasteiger partial charge in [0, 0.05) is 6.54 Å². The lowest BCUT2D eigenvalue weighted by Crippen LogP contribution is -2.48. The molecule has 0 radical (unpaired) electrons. The van der Waals surface area contributed by atoms with Gasteiger partial charge in [-0.15, -0.1) is 0 Å². The van der Waals surface area contributed by atoms with Crippen molar-refractivity contribution in [1.82, 2.24) is 5.32 Å². The summed E-state index contributed by atoms with van der Waals surface area (Å²) in [6, 6.07) is 9.84. The van der Waals surface area contributed by atoms with E-state index in [4.69, 9.17) is 26.6 Å². The molecule has 0 aliphatic carbocycles. The van der Waals surface area contributed by atoms with Crippen LogP contribution < -0.4 is 15.4 Å². The Morgan fingerprint density at radius 3 is 2.13 bits per heavy atom. The summed E-state index contributed by atoms with van der Waals surface area (Å²) in [5.74, 6) is -7.16. The molecule has 210 valence electrons. The summed E-state index contributed by atoms with van der Waals surface area (Å²) in [5, 5.41) is 23.1. The average Bonchev–Trinajstić information content (AvgIpc) is 3.08. The molecule has 38 heavy (non-hydrogen) atoms. The molecule has 0 amide bonds. The molecule has 0 bridgehead atoms. The maximum Gasteiger partial charge on any atom is 0.457 e. The van der Waals surface area contributed by atoms with Crippen molar-refractivity contribution in [3.63, 3.8) is 0 Å². The van der Waals surface area contributed by atoms with Crippen molar-refractivity contribution >= 4 is 29.2 Å². The van der Waals surface area contributed by atoms with E-state index in [1.54, 1.807) is 12.1 Å². The second-order valence-corrected chi connectivity index (χ2v) is 8.88. The number of carbonyl (C=O) groups is 2. The van der Waals surface area contributed by atoms with Crippen molar-refractivity contribution in [2.45, 2.75) is 57.4 Å². The molecule has 0 aromatic heterocycles. The summed E-state index contributed by atoms with van der Waals surface area (Å²) < 4.78 is 68.8. The number of rotatable bonds is 9. The first-order chi connectivity index (χ1) is 17.7. The molecule has 1 atom stereocenters. The van der Waals surface area contributed by atoms with Gasteiger partial charge in [-0.25, -0.2) is 0 Å². The largest absolute Gasteiger partial charge is 0.484 e. The third-order valence-electron chi connectivity index (χ3n) is 5.63. The van der Waals surface area contributed by atoms with E-state index in [9.17, 15) is 31.5 Å². The monoisotopic (exact) mass is 566 g/mol. The first kappa shape index (κ1) is 31.1. The van der Waals surface area contributed by atoms with Gasteiger partial charge in [0.1, 0.15) is 5.75 Å². The maximum absolute atomic E-state index is 13.3. The minimum atomic E-state index is -5.67. The molecule has 7 nitrogen and oxygen atoms in total. The Morgan fingerprint density at radius 1 is 1.00 bits per heavy atom. The van der Waals surface area contributed by atoms with E-state index < -0.39 is 30.1 Å². The third-order valence-corrected chi connectivity index (χ3v) is 5.94. The summed E-state index contributed by atoms with van der Waals surface area (Å²) in [6.45, 7) is 2.87. The lowest BCUT2D eigenvalue weighted by Gasteiger charge is -2.26. The van der Waals surface area contributed by atoms with Crippen molar-refractivity contribution in [2.75, 3.05) is 18.4 Å². The van der Waals surface area contributed by atoms with Crippen LogP contribution in [0.25, 0.3) is 0 Å². The number of benzene rings is 2. The summed E-state index contributed by atoms with van der Waals surface area (Å²) in [7, 11) is 0. The second-order valence-electron chi connectivity index (χ2n) is 8.48. The van der Waals surface area contributed by atoms with Gasteiger partial charge in [0.05, 0.1) is 23.6 Å². The Labute approximate surface area is 220 Å². The van der Waals surface area contributed by atoms with E-state index in [0.717, 1.165) is 42.7 Å². The highest BCUT2D eigenvalue weighted by Crippen LogP contribution is 2.39. The van der Waals surface area contributed by atoms with Gasteiger partial charge in [0.15, 0.2) is 6.10 Å². The molecule has 0 fully saturated rings. The molecule has 0 spiro atoms. The van der Waals surface area contributed by atoms with Crippen LogP contribution in [0, 0.1) is 0 Å². The summed E-state index contributed by atoms with van der Waals surface area (Å²) in [4.78, 5) is 19.3. The fourth-order valence-corrected chi connectivity index (χ4v) is 3.78. The van der Waals surface area contributed by atoms with Crippen LogP contribution >= 0.6 is 11.6 Å². The maximum atomic E-state index is 13.3. The van der Waals surface area contributed by atoms with Crippen LogP contribution in [-0.2, 0) is 29.0 Å². The highest BCUT2D eigenvalue weighted by atomic mass is 35.5. The molecular weight excluding hydrogens is 539 g/mol. The van der Waals surface area contributed by atoms with Gasteiger partial charge >= 0.3 is 24.0 Å². The number of aliphatic carboxylic acids is 2.